The van der Waals surface area contributed by atoms with Crippen molar-refractivity contribution in [3.8, 4) is 0 Å². The van der Waals surface area contributed by atoms with Crippen LogP contribution in [-0.4, -0.2) is 19.0 Å². The molecule has 16 heavy (non-hydrogen) atoms. The fourth-order valence-corrected chi connectivity index (χ4v) is 1.99. The molecule has 0 bridgehead atoms. The van der Waals surface area contributed by atoms with E-state index >= 15 is 0 Å². The van der Waals surface area contributed by atoms with Crippen LogP contribution in [-0.2, 0) is 19.2 Å². The maximum atomic E-state index is 11.5. The van der Waals surface area contributed by atoms with Gasteiger partial charge in [-0.2, -0.15) is 5.90 Å². The Morgan fingerprint density at radius 1 is 1.38 bits per heavy atom. The molecular formula is C10H11NO4S. The van der Waals surface area contributed by atoms with Gasteiger partial charge in [0, 0.05) is 4.88 Å². The number of rotatable bonds is 3. The zero-order chi connectivity index (χ0) is 12.1. The minimum absolute atomic E-state index is 0.129. The van der Waals surface area contributed by atoms with Crippen molar-refractivity contribution in [2.45, 2.75) is 6.92 Å². The van der Waals surface area contributed by atoms with Gasteiger partial charge in [-0.05, 0) is 18.4 Å². The number of hydrogen-bond acceptors (Lipinski definition) is 6. The Balaban J connectivity index is 3.25. The van der Waals surface area contributed by atoms with E-state index in [1.165, 1.54) is 25.4 Å². The monoisotopic (exact) mass is 241 g/mol. The molecule has 0 fully saturated rings. The van der Waals surface area contributed by atoms with Gasteiger partial charge in [-0.15, -0.1) is 11.3 Å². The lowest BCUT2D eigenvalue weighted by Gasteiger charge is -2.06. The lowest BCUT2D eigenvalue weighted by molar-refractivity contribution is -0.139. The van der Waals surface area contributed by atoms with E-state index in [0.717, 1.165) is 0 Å². The molecule has 0 aromatic carbocycles. The summed E-state index contributed by atoms with van der Waals surface area (Å²) in [6.07, 6.45) is 0. The summed E-state index contributed by atoms with van der Waals surface area (Å²) < 4.78 is 4.54. The van der Waals surface area contributed by atoms with Gasteiger partial charge in [0.1, 0.15) is 0 Å². The first-order valence-electron chi connectivity index (χ1n) is 4.36. The van der Waals surface area contributed by atoms with Gasteiger partial charge in [-0.1, -0.05) is 6.07 Å². The zero-order valence-electron chi connectivity index (χ0n) is 8.85. The summed E-state index contributed by atoms with van der Waals surface area (Å²) in [4.78, 5) is 27.6. The molecular weight excluding hydrogens is 230 g/mol. The second kappa shape index (κ2) is 5.43. The highest BCUT2D eigenvalue weighted by molar-refractivity contribution is 7.11. The molecule has 0 saturated heterocycles. The Hall–Kier alpha value is -1.66. The SMILES string of the molecule is COC(=O)C(C)=C(C(=O)ON)c1cccs1. The Labute approximate surface area is 96.4 Å². The van der Waals surface area contributed by atoms with Gasteiger partial charge in [0.05, 0.1) is 18.3 Å². The minimum Gasteiger partial charge on any atom is -0.466 e. The Morgan fingerprint density at radius 2 is 2.06 bits per heavy atom. The number of esters is 1. The highest BCUT2D eigenvalue weighted by Crippen LogP contribution is 2.25. The molecule has 0 radical (unpaired) electrons. The second-order valence-corrected chi connectivity index (χ2v) is 3.82. The Kier molecular flexibility index (Phi) is 4.21. The van der Waals surface area contributed by atoms with E-state index in [4.69, 9.17) is 5.90 Å². The normalized spacial score (nSPS) is 11.7. The molecule has 2 N–H and O–H groups in total. The molecule has 0 aliphatic heterocycles. The first-order valence-corrected chi connectivity index (χ1v) is 5.24. The van der Waals surface area contributed by atoms with Crippen LogP contribution in [0.3, 0.4) is 0 Å². The molecule has 0 aliphatic rings. The van der Waals surface area contributed by atoms with E-state index in [9.17, 15) is 9.59 Å². The molecule has 1 aromatic heterocycles. The van der Waals surface area contributed by atoms with Gasteiger partial charge in [-0.25, -0.2) is 9.59 Å². The standard InChI is InChI=1S/C10H11NO4S/c1-6(9(12)14-2)8(10(13)15-11)7-4-3-5-16-7/h3-5H,11H2,1-2H3. The number of thiophene rings is 1. The quantitative estimate of drug-likeness (QED) is 0.487. The van der Waals surface area contributed by atoms with Crippen LogP contribution in [0.5, 0.6) is 0 Å². The Bertz CT molecular complexity index is 422. The van der Waals surface area contributed by atoms with Crippen molar-refractivity contribution >= 4 is 28.8 Å². The highest BCUT2D eigenvalue weighted by atomic mass is 32.1. The van der Waals surface area contributed by atoms with Gasteiger partial charge in [-0.3, -0.25) is 0 Å². The molecule has 1 rings (SSSR count). The number of carbonyl (C=O) groups is 2. The van der Waals surface area contributed by atoms with Crippen LogP contribution in [0.1, 0.15) is 11.8 Å². The van der Waals surface area contributed by atoms with E-state index in [1.807, 2.05) is 0 Å². The van der Waals surface area contributed by atoms with Crippen molar-refractivity contribution in [3.05, 3.63) is 28.0 Å². The molecule has 6 heteroatoms. The third-order valence-corrected chi connectivity index (χ3v) is 2.83. The van der Waals surface area contributed by atoms with E-state index in [-0.39, 0.29) is 11.1 Å². The summed E-state index contributed by atoms with van der Waals surface area (Å²) in [5, 5.41) is 1.78. The third kappa shape index (κ3) is 2.47. The fourth-order valence-electron chi connectivity index (χ4n) is 1.17. The predicted molar refractivity (Wildman–Crippen MR) is 59.2 cm³/mol. The van der Waals surface area contributed by atoms with Crippen LogP contribution in [0.15, 0.2) is 23.1 Å². The summed E-state index contributed by atoms with van der Waals surface area (Å²) in [5.74, 6) is 3.48. The molecule has 0 aliphatic carbocycles. The van der Waals surface area contributed by atoms with Crippen molar-refractivity contribution in [1.82, 2.24) is 0 Å². The van der Waals surface area contributed by atoms with E-state index in [0.29, 0.717) is 4.88 Å². The lowest BCUT2D eigenvalue weighted by atomic mass is 10.1. The average molecular weight is 241 g/mol. The molecule has 0 amide bonds. The topological polar surface area (TPSA) is 78.6 Å². The van der Waals surface area contributed by atoms with Crippen LogP contribution in [0.4, 0.5) is 0 Å². The molecule has 1 aromatic rings. The molecule has 0 saturated carbocycles. The van der Waals surface area contributed by atoms with E-state index in [1.54, 1.807) is 17.5 Å². The van der Waals surface area contributed by atoms with Crippen LogP contribution >= 0.6 is 11.3 Å². The average Bonchev–Trinajstić information content (AvgIpc) is 2.81. The van der Waals surface area contributed by atoms with Crippen molar-refractivity contribution in [2.75, 3.05) is 7.11 Å². The summed E-state index contributed by atoms with van der Waals surface area (Å²) in [6.45, 7) is 1.48. The van der Waals surface area contributed by atoms with Crippen molar-refractivity contribution < 1.29 is 19.2 Å². The summed E-state index contributed by atoms with van der Waals surface area (Å²) in [7, 11) is 1.24. The molecule has 5 nitrogen and oxygen atoms in total. The van der Waals surface area contributed by atoms with E-state index < -0.39 is 11.9 Å². The van der Waals surface area contributed by atoms with Crippen molar-refractivity contribution in [2.24, 2.45) is 5.90 Å². The molecule has 0 spiro atoms. The first-order chi connectivity index (χ1) is 7.61. The van der Waals surface area contributed by atoms with Crippen molar-refractivity contribution in [3.63, 3.8) is 0 Å². The molecule has 0 unspecified atom stereocenters. The number of nitrogens with two attached hydrogens (primary N) is 1. The van der Waals surface area contributed by atoms with Gasteiger partial charge in [0.25, 0.3) is 0 Å². The van der Waals surface area contributed by atoms with Crippen LogP contribution in [0, 0.1) is 0 Å². The molecule has 86 valence electrons. The zero-order valence-corrected chi connectivity index (χ0v) is 9.67. The van der Waals surface area contributed by atoms with Crippen LogP contribution in [0.25, 0.3) is 5.57 Å². The Morgan fingerprint density at radius 3 is 2.50 bits per heavy atom. The molecule has 0 atom stereocenters. The third-order valence-electron chi connectivity index (χ3n) is 1.95. The largest absolute Gasteiger partial charge is 0.466 e. The van der Waals surface area contributed by atoms with E-state index in [2.05, 4.69) is 9.57 Å². The van der Waals surface area contributed by atoms with Gasteiger partial charge >= 0.3 is 11.9 Å². The van der Waals surface area contributed by atoms with Gasteiger partial charge in [0.15, 0.2) is 0 Å². The first kappa shape index (κ1) is 12.4. The maximum absolute atomic E-state index is 11.5. The number of ether oxygens (including phenoxy) is 1. The lowest BCUT2D eigenvalue weighted by Crippen LogP contribution is -2.15. The predicted octanol–water partition coefficient (Wildman–Crippen LogP) is 1.11. The highest BCUT2D eigenvalue weighted by Gasteiger charge is 2.21. The fraction of sp³-hybridized carbons (Fsp3) is 0.200. The van der Waals surface area contributed by atoms with Gasteiger partial charge in [0.2, 0.25) is 0 Å². The number of methoxy groups -OCH3 is 1. The second-order valence-electron chi connectivity index (χ2n) is 2.87. The summed E-state index contributed by atoms with van der Waals surface area (Å²) >= 11 is 1.31. The molecule has 1 heterocycles. The maximum Gasteiger partial charge on any atom is 0.358 e. The minimum atomic E-state index is -0.759. The number of carbonyl (C=O) groups excluding carboxylic acids is 2. The van der Waals surface area contributed by atoms with Crippen molar-refractivity contribution in [1.29, 1.82) is 0 Å². The summed E-state index contributed by atoms with van der Waals surface area (Å²) in [5.41, 5.74) is 0.296. The van der Waals surface area contributed by atoms with Crippen LogP contribution in [0.2, 0.25) is 0 Å². The number of hydrogen-bond donors (Lipinski definition) is 1. The summed E-state index contributed by atoms with van der Waals surface area (Å²) in [6, 6.07) is 3.46. The smallest absolute Gasteiger partial charge is 0.358 e. The van der Waals surface area contributed by atoms with Crippen LogP contribution < -0.4 is 5.90 Å². The van der Waals surface area contributed by atoms with Gasteiger partial charge < -0.3 is 9.57 Å².